The summed E-state index contributed by atoms with van der Waals surface area (Å²) >= 11 is 0. The highest BCUT2D eigenvalue weighted by Crippen LogP contribution is 2.34. The molecule has 0 bridgehead atoms. The fourth-order valence-electron chi connectivity index (χ4n) is 2.54. The van der Waals surface area contributed by atoms with E-state index in [1.165, 1.54) is 0 Å². The van der Waals surface area contributed by atoms with Gasteiger partial charge >= 0.3 is 0 Å². The molecule has 4 heteroatoms. The number of hydrogen-bond donors (Lipinski definition) is 1. The Hall–Kier alpha value is -2.20. The van der Waals surface area contributed by atoms with Gasteiger partial charge in [0.25, 0.3) is 0 Å². The second-order valence-corrected chi connectivity index (χ2v) is 5.05. The molecule has 0 amide bonds. The SMILES string of the molecule is COc1cccc(C(CO)Cc2ccc3c(c2)OCO3)c1. The zero-order chi connectivity index (χ0) is 14.7. The van der Waals surface area contributed by atoms with E-state index in [1.807, 2.05) is 42.5 Å². The van der Waals surface area contributed by atoms with Crippen LogP contribution in [0.2, 0.25) is 0 Å². The summed E-state index contributed by atoms with van der Waals surface area (Å²) in [5.41, 5.74) is 2.18. The number of aliphatic hydroxyl groups excluding tert-OH is 1. The molecular weight excluding hydrogens is 268 g/mol. The Morgan fingerprint density at radius 1 is 1.14 bits per heavy atom. The second kappa shape index (κ2) is 6.06. The molecule has 4 nitrogen and oxygen atoms in total. The number of fused-ring (bicyclic) bond motifs is 1. The third-order valence-electron chi connectivity index (χ3n) is 3.70. The van der Waals surface area contributed by atoms with Crippen LogP contribution in [0.1, 0.15) is 17.0 Å². The standard InChI is InChI=1S/C17H18O4/c1-19-15-4-2-3-13(9-15)14(10-18)7-12-5-6-16-17(8-12)21-11-20-16/h2-6,8-9,14,18H,7,10-11H2,1H3. The van der Waals surface area contributed by atoms with Gasteiger partial charge in [0, 0.05) is 5.92 Å². The van der Waals surface area contributed by atoms with Crippen LogP contribution in [0, 0.1) is 0 Å². The van der Waals surface area contributed by atoms with Gasteiger partial charge in [-0.15, -0.1) is 0 Å². The smallest absolute Gasteiger partial charge is 0.231 e. The van der Waals surface area contributed by atoms with E-state index in [0.717, 1.165) is 34.8 Å². The van der Waals surface area contributed by atoms with Crippen LogP contribution in [0.25, 0.3) is 0 Å². The lowest BCUT2D eigenvalue weighted by atomic mass is 9.92. The Morgan fingerprint density at radius 2 is 2.00 bits per heavy atom. The summed E-state index contributed by atoms with van der Waals surface area (Å²) in [5.74, 6) is 2.38. The minimum atomic E-state index is 0.0282. The predicted octanol–water partition coefficient (Wildman–Crippen LogP) is 2.74. The third-order valence-corrected chi connectivity index (χ3v) is 3.70. The zero-order valence-electron chi connectivity index (χ0n) is 11.9. The molecule has 0 radical (unpaired) electrons. The number of benzene rings is 2. The Balaban J connectivity index is 1.80. The van der Waals surface area contributed by atoms with Crippen molar-refractivity contribution in [3.63, 3.8) is 0 Å². The van der Waals surface area contributed by atoms with Gasteiger partial charge < -0.3 is 19.3 Å². The van der Waals surface area contributed by atoms with Gasteiger partial charge in [-0.3, -0.25) is 0 Å². The van der Waals surface area contributed by atoms with Crippen LogP contribution in [-0.2, 0) is 6.42 Å². The highest BCUT2D eigenvalue weighted by molar-refractivity contribution is 5.45. The summed E-state index contributed by atoms with van der Waals surface area (Å²) in [6, 6.07) is 13.7. The van der Waals surface area contributed by atoms with Gasteiger partial charge in [0.1, 0.15) is 5.75 Å². The largest absolute Gasteiger partial charge is 0.497 e. The van der Waals surface area contributed by atoms with Crippen LogP contribution in [0.4, 0.5) is 0 Å². The molecule has 1 aliphatic heterocycles. The quantitative estimate of drug-likeness (QED) is 0.918. The molecule has 1 atom stereocenters. The first-order valence-corrected chi connectivity index (χ1v) is 6.93. The molecule has 0 saturated heterocycles. The van der Waals surface area contributed by atoms with Crippen molar-refractivity contribution >= 4 is 0 Å². The molecule has 1 unspecified atom stereocenters. The van der Waals surface area contributed by atoms with Crippen molar-refractivity contribution in [1.29, 1.82) is 0 Å². The van der Waals surface area contributed by atoms with Crippen molar-refractivity contribution in [2.45, 2.75) is 12.3 Å². The highest BCUT2D eigenvalue weighted by Gasteiger charge is 2.16. The molecule has 1 N–H and O–H groups in total. The fraction of sp³-hybridized carbons (Fsp3) is 0.294. The van der Waals surface area contributed by atoms with Crippen LogP contribution in [0.3, 0.4) is 0 Å². The fourth-order valence-corrected chi connectivity index (χ4v) is 2.54. The average molecular weight is 286 g/mol. The molecule has 0 aliphatic carbocycles. The molecule has 2 aromatic carbocycles. The molecule has 1 aliphatic rings. The number of rotatable bonds is 5. The first-order valence-electron chi connectivity index (χ1n) is 6.93. The summed E-state index contributed by atoms with van der Waals surface area (Å²) in [7, 11) is 1.64. The number of hydrogen-bond acceptors (Lipinski definition) is 4. The van der Waals surface area contributed by atoms with Gasteiger partial charge in [0.2, 0.25) is 6.79 Å². The van der Waals surface area contributed by atoms with Crippen LogP contribution in [0.15, 0.2) is 42.5 Å². The molecule has 0 aromatic heterocycles. The third kappa shape index (κ3) is 2.95. The summed E-state index contributed by atoms with van der Waals surface area (Å²) in [6.07, 6.45) is 0.736. The van der Waals surface area contributed by atoms with Crippen LogP contribution in [0.5, 0.6) is 17.2 Å². The van der Waals surface area contributed by atoms with Gasteiger partial charge in [-0.2, -0.15) is 0 Å². The normalized spacial score (nSPS) is 14.0. The van der Waals surface area contributed by atoms with E-state index in [0.29, 0.717) is 0 Å². The van der Waals surface area contributed by atoms with E-state index in [4.69, 9.17) is 14.2 Å². The molecule has 0 saturated carbocycles. The monoisotopic (exact) mass is 286 g/mol. The van der Waals surface area contributed by atoms with Gasteiger partial charge in [-0.25, -0.2) is 0 Å². The summed E-state index contributed by atoms with van der Waals surface area (Å²) in [6.45, 7) is 0.361. The maximum atomic E-state index is 9.70. The maximum Gasteiger partial charge on any atom is 0.231 e. The number of ether oxygens (including phenoxy) is 3. The minimum absolute atomic E-state index is 0.0282. The van der Waals surface area contributed by atoms with E-state index in [9.17, 15) is 5.11 Å². The lowest BCUT2D eigenvalue weighted by molar-refractivity contribution is 0.174. The van der Waals surface area contributed by atoms with Gasteiger partial charge in [-0.1, -0.05) is 18.2 Å². The lowest BCUT2D eigenvalue weighted by Crippen LogP contribution is -2.08. The molecule has 21 heavy (non-hydrogen) atoms. The molecule has 1 heterocycles. The molecule has 0 fully saturated rings. The molecule has 110 valence electrons. The molecule has 3 rings (SSSR count). The summed E-state index contributed by atoms with van der Waals surface area (Å²) in [4.78, 5) is 0. The highest BCUT2D eigenvalue weighted by atomic mass is 16.7. The first kappa shape index (κ1) is 13.8. The topological polar surface area (TPSA) is 47.9 Å². The second-order valence-electron chi connectivity index (χ2n) is 5.05. The van der Waals surface area contributed by atoms with Crippen LogP contribution in [-0.4, -0.2) is 25.6 Å². The average Bonchev–Trinajstić information content (AvgIpc) is 3.00. The van der Waals surface area contributed by atoms with Crippen molar-refractivity contribution in [2.24, 2.45) is 0 Å². The molecule has 2 aromatic rings. The van der Waals surface area contributed by atoms with Gasteiger partial charge in [-0.05, 0) is 41.8 Å². The van der Waals surface area contributed by atoms with Crippen molar-refractivity contribution in [1.82, 2.24) is 0 Å². The van der Waals surface area contributed by atoms with Crippen molar-refractivity contribution in [2.75, 3.05) is 20.5 Å². The van der Waals surface area contributed by atoms with E-state index < -0.39 is 0 Å². The Morgan fingerprint density at radius 3 is 2.81 bits per heavy atom. The van der Waals surface area contributed by atoms with Crippen LogP contribution >= 0.6 is 0 Å². The molecule has 0 spiro atoms. The Bertz CT molecular complexity index is 624. The zero-order valence-corrected chi connectivity index (χ0v) is 11.9. The number of methoxy groups -OCH3 is 1. The number of aliphatic hydroxyl groups is 1. The summed E-state index contributed by atoms with van der Waals surface area (Å²) < 4.78 is 15.9. The van der Waals surface area contributed by atoms with Crippen molar-refractivity contribution < 1.29 is 19.3 Å². The minimum Gasteiger partial charge on any atom is -0.497 e. The van der Waals surface area contributed by atoms with E-state index >= 15 is 0 Å². The first-order chi connectivity index (χ1) is 10.3. The molecular formula is C17H18O4. The van der Waals surface area contributed by atoms with Gasteiger partial charge in [0.05, 0.1) is 13.7 Å². The predicted molar refractivity (Wildman–Crippen MR) is 79.1 cm³/mol. The van der Waals surface area contributed by atoms with Crippen molar-refractivity contribution in [3.8, 4) is 17.2 Å². The Kier molecular flexibility index (Phi) is 3.97. The van der Waals surface area contributed by atoms with Gasteiger partial charge in [0.15, 0.2) is 11.5 Å². The van der Waals surface area contributed by atoms with E-state index in [2.05, 4.69) is 0 Å². The lowest BCUT2D eigenvalue weighted by Gasteiger charge is -2.16. The van der Waals surface area contributed by atoms with E-state index in [-0.39, 0.29) is 19.3 Å². The maximum absolute atomic E-state index is 9.70. The van der Waals surface area contributed by atoms with Crippen molar-refractivity contribution in [3.05, 3.63) is 53.6 Å². The summed E-state index contributed by atoms with van der Waals surface area (Å²) in [5, 5.41) is 9.70. The van der Waals surface area contributed by atoms with E-state index in [1.54, 1.807) is 7.11 Å². The van der Waals surface area contributed by atoms with Crippen LogP contribution < -0.4 is 14.2 Å². The Labute approximate surface area is 123 Å².